The van der Waals surface area contributed by atoms with E-state index in [1.807, 2.05) is 13.8 Å². The molecule has 56 heavy (non-hydrogen) atoms. The molecule has 5 heterocycles. The number of rotatable bonds is 7. The predicted molar refractivity (Wildman–Crippen MR) is 201 cm³/mol. The SMILES string of the molecule is CC1=CC(O)CC(F)Cc2nc(co2)C(=O)N2CCCC2C(=O)OC(C(C)C)C(CC(=O)NCCn2cc(-c3cc(N)nc(N)n3)nn2)/C=C/C(=O)NCC=C1. The van der Waals surface area contributed by atoms with E-state index >= 15 is 0 Å². The van der Waals surface area contributed by atoms with E-state index in [9.17, 15) is 28.7 Å². The number of ether oxygens (including phenoxy) is 1. The molecule has 18 nitrogen and oxygen atoms in total. The number of amides is 3. The van der Waals surface area contributed by atoms with Gasteiger partial charge >= 0.3 is 5.97 Å². The number of fused-ring (bicyclic) bond motifs is 3. The maximum absolute atomic E-state index is 14.9. The Hall–Kier alpha value is -5.98. The van der Waals surface area contributed by atoms with Gasteiger partial charge in [0, 0.05) is 44.5 Å². The standard InChI is InChI=1S/C37H48FN11O7/c1-21(2)34-23(15-32(52)42-11-13-48-19-27(46-47-48)26-18-30(39)45-37(40)44-26)8-9-31(51)41-10-4-6-22(3)14-25(50)16-24(38)17-33-43-28(20-55-33)35(53)49-12-5-7-29(49)36(54)56-34/h4,6,8-9,14,18-21,23-25,29,34,50H,5,7,10-13,15-17H2,1-3H3,(H,41,51)(H,42,52)(H4,39,40,44,45)/b6-4?,9-8+,22-14?. The second kappa shape index (κ2) is 19.1. The summed E-state index contributed by atoms with van der Waals surface area (Å²) in [6.45, 7) is 6.21. The zero-order valence-corrected chi connectivity index (χ0v) is 31.5. The fourth-order valence-electron chi connectivity index (χ4n) is 6.50. The highest BCUT2D eigenvalue weighted by Gasteiger charge is 2.39. The van der Waals surface area contributed by atoms with Gasteiger partial charge in [0.2, 0.25) is 17.8 Å². The molecule has 3 aromatic rings. The molecule has 1 saturated heterocycles. The number of nitrogens with two attached hydrogens (primary N) is 2. The van der Waals surface area contributed by atoms with E-state index in [1.54, 1.807) is 25.3 Å². The van der Waals surface area contributed by atoms with Gasteiger partial charge in [-0.2, -0.15) is 4.98 Å². The van der Waals surface area contributed by atoms with Crippen LogP contribution in [0.4, 0.5) is 16.2 Å². The Morgan fingerprint density at radius 2 is 1.95 bits per heavy atom. The Morgan fingerprint density at radius 3 is 2.71 bits per heavy atom. The number of nitrogen functional groups attached to an aromatic ring is 2. The van der Waals surface area contributed by atoms with E-state index in [0.717, 1.165) is 6.26 Å². The Morgan fingerprint density at radius 1 is 1.14 bits per heavy atom. The third-order valence-corrected chi connectivity index (χ3v) is 9.15. The summed E-state index contributed by atoms with van der Waals surface area (Å²) in [7, 11) is 0. The summed E-state index contributed by atoms with van der Waals surface area (Å²) in [6.07, 6.45) is 7.17. The lowest BCUT2D eigenvalue weighted by molar-refractivity contribution is -0.159. The number of carbonyl (C=O) groups is 4. The molecule has 0 aromatic carbocycles. The molecule has 300 valence electrons. The molecule has 5 rings (SSSR count). The van der Waals surface area contributed by atoms with Crippen LogP contribution in [0.25, 0.3) is 11.4 Å². The molecule has 3 amide bonds. The minimum atomic E-state index is -1.51. The number of alkyl halides is 1. The van der Waals surface area contributed by atoms with Gasteiger partial charge in [0.15, 0.2) is 11.6 Å². The predicted octanol–water partition coefficient (Wildman–Crippen LogP) is 1.70. The van der Waals surface area contributed by atoms with Gasteiger partial charge in [-0.3, -0.25) is 19.1 Å². The van der Waals surface area contributed by atoms with Crippen molar-refractivity contribution < 1.29 is 37.8 Å². The Kier molecular flexibility index (Phi) is 14.0. The van der Waals surface area contributed by atoms with Crippen molar-refractivity contribution in [3.05, 3.63) is 66.1 Å². The van der Waals surface area contributed by atoms with Crippen molar-refractivity contribution in [2.45, 2.75) is 83.8 Å². The van der Waals surface area contributed by atoms with Crippen molar-refractivity contribution in [3.8, 4) is 11.4 Å². The number of hydrogen-bond donors (Lipinski definition) is 5. The minimum Gasteiger partial charge on any atom is -0.460 e. The summed E-state index contributed by atoms with van der Waals surface area (Å²) < 4.78 is 27.8. The van der Waals surface area contributed by atoms with E-state index in [2.05, 4.69) is 35.9 Å². The Bertz CT molecular complexity index is 1940. The molecule has 19 heteroatoms. The molecule has 7 N–H and O–H groups in total. The number of aliphatic hydroxyl groups is 1. The largest absolute Gasteiger partial charge is 0.460 e. The molecule has 0 radical (unpaired) electrons. The Labute approximate surface area is 322 Å². The van der Waals surface area contributed by atoms with Crippen LogP contribution in [0, 0.1) is 11.8 Å². The topological polar surface area (TPSA) is 260 Å². The van der Waals surface area contributed by atoms with Crippen LogP contribution in [0.15, 0.2) is 58.9 Å². The number of esters is 1. The van der Waals surface area contributed by atoms with Crippen LogP contribution >= 0.6 is 0 Å². The zero-order chi connectivity index (χ0) is 40.4. The van der Waals surface area contributed by atoms with Crippen molar-refractivity contribution in [2.75, 3.05) is 31.1 Å². The maximum atomic E-state index is 14.9. The number of oxazole rings is 1. The lowest BCUT2D eigenvalue weighted by atomic mass is 9.89. The summed E-state index contributed by atoms with van der Waals surface area (Å²) in [5.74, 6) is -2.95. The molecule has 0 saturated carbocycles. The minimum absolute atomic E-state index is 0.00631. The van der Waals surface area contributed by atoms with Crippen LogP contribution in [0.3, 0.4) is 0 Å². The number of hydrogen-bond acceptors (Lipinski definition) is 14. The number of nitrogens with zero attached hydrogens (tertiary/aromatic N) is 7. The van der Waals surface area contributed by atoms with Crippen LogP contribution in [-0.4, -0.2) is 108 Å². The van der Waals surface area contributed by atoms with E-state index in [1.165, 1.54) is 33.9 Å². The van der Waals surface area contributed by atoms with Gasteiger partial charge in [-0.1, -0.05) is 48.9 Å². The summed E-state index contributed by atoms with van der Waals surface area (Å²) in [4.78, 5) is 67.0. The fraction of sp³-hybridized carbons (Fsp3) is 0.486. The van der Waals surface area contributed by atoms with Crippen molar-refractivity contribution in [3.63, 3.8) is 0 Å². The quantitative estimate of drug-likeness (QED) is 0.214. The molecule has 5 unspecified atom stereocenters. The van der Waals surface area contributed by atoms with Crippen LogP contribution < -0.4 is 22.1 Å². The molecular weight excluding hydrogens is 729 g/mol. The van der Waals surface area contributed by atoms with E-state index in [0.29, 0.717) is 29.8 Å². The van der Waals surface area contributed by atoms with Gasteiger partial charge < -0.3 is 41.3 Å². The number of allylic oxidation sites excluding steroid dienone is 2. The first-order chi connectivity index (χ1) is 26.7. The molecule has 2 bridgehead atoms. The highest BCUT2D eigenvalue weighted by atomic mass is 19.1. The van der Waals surface area contributed by atoms with Gasteiger partial charge in [-0.25, -0.2) is 19.2 Å². The van der Waals surface area contributed by atoms with Crippen molar-refractivity contribution >= 4 is 35.5 Å². The van der Waals surface area contributed by atoms with Gasteiger partial charge in [0.05, 0.1) is 31.0 Å². The van der Waals surface area contributed by atoms with Gasteiger partial charge in [0.1, 0.15) is 36.1 Å². The number of anilines is 2. The second-order valence-corrected chi connectivity index (χ2v) is 14.1. The van der Waals surface area contributed by atoms with Crippen LogP contribution in [0.5, 0.6) is 0 Å². The second-order valence-electron chi connectivity index (χ2n) is 14.1. The molecule has 2 aliphatic rings. The highest BCUT2D eigenvalue weighted by Crippen LogP contribution is 2.27. The lowest BCUT2D eigenvalue weighted by Crippen LogP contribution is -2.44. The number of aliphatic hydroxyl groups excluding tert-OH is 1. The summed E-state index contributed by atoms with van der Waals surface area (Å²) >= 11 is 0. The van der Waals surface area contributed by atoms with Crippen LogP contribution in [-0.2, 0) is 32.1 Å². The smallest absolute Gasteiger partial charge is 0.329 e. The van der Waals surface area contributed by atoms with E-state index < -0.39 is 48.1 Å². The maximum Gasteiger partial charge on any atom is 0.329 e. The average molecular weight is 778 g/mol. The number of aromatic nitrogens is 6. The molecular formula is C37H48FN11O7. The molecule has 0 aliphatic carbocycles. The zero-order valence-electron chi connectivity index (χ0n) is 31.5. The van der Waals surface area contributed by atoms with Crippen molar-refractivity contribution in [2.24, 2.45) is 11.8 Å². The first-order valence-electron chi connectivity index (χ1n) is 18.4. The Balaban J connectivity index is 1.32. The average Bonchev–Trinajstić information content (AvgIpc) is 3.91. The molecule has 1 fully saturated rings. The number of carbonyl (C=O) groups excluding carboxylic acids is 4. The normalized spacial score (nSPS) is 23.6. The van der Waals surface area contributed by atoms with E-state index in [-0.39, 0.29) is 80.6 Å². The van der Waals surface area contributed by atoms with Crippen LogP contribution in [0.1, 0.15) is 62.8 Å². The van der Waals surface area contributed by atoms with Crippen molar-refractivity contribution in [1.29, 1.82) is 0 Å². The van der Waals surface area contributed by atoms with Gasteiger partial charge in [0.25, 0.3) is 5.91 Å². The van der Waals surface area contributed by atoms with Gasteiger partial charge in [-0.15, -0.1) is 5.10 Å². The molecule has 5 atom stereocenters. The monoisotopic (exact) mass is 777 g/mol. The first kappa shape index (κ1) is 41.2. The number of halogens is 1. The summed E-state index contributed by atoms with van der Waals surface area (Å²) in [6, 6.07) is 0.569. The lowest BCUT2D eigenvalue weighted by Gasteiger charge is -2.30. The fourth-order valence-corrected chi connectivity index (χ4v) is 6.50. The number of cyclic esters (lactones) is 1. The first-order valence-corrected chi connectivity index (χ1v) is 18.4. The van der Waals surface area contributed by atoms with E-state index in [4.69, 9.17) is 20.6 Å². The molecule has 2 aliphatic heterocycles. The van der Waals surface area contributed by atoms with Crippen molar-refractivity contribution in [1.82, 2.24) is 45.5 Å². The number of nitrogens with one attached hydrogen (secondary N) is 2. The molecule has 3 aromatic heterocycles. The summed E-state index contributed by atoms with van der Waals surface area (Å²) in [5.41, 5.74) is 12.8. The third kappa shape index (κ3) is 11.5. The highest BCUT2D eigenvalue weighted by molar-refractivity contribution is 5.95. The third-order valence-electron chi connectivity index (χ3n) is 9.15. The molecule has 0 spiro atoms. The van der Waals surface area contributed by atoms with Crippen LogP contribution in [0.2, 0.25) is 0 Å². The summed E-state index contributed by atoms with van der Waals surface area (Å²) in [5, 5.41) is 24.1. The van der Waals surface area contributed by atoms with Gasteiger partial charge in [-0.05, 0) is 31.8 Å².